The van der Waals surface area contributed by atoms with Gasteiger partial charge in [0.25, 0.3) is 0 Å². The topological polar surface area (TPSA) is 64.7 Å². The Balaban J connectivity index is 1.59. The number of benzene rings is 3. The van der Waals surface area contributed by atoms with Crippen LogP contribution in [-0.2, 0) is 6.42 Å². The van der Waals surface area contributed by atoms with Gasteiger partial charge in [0.05, 0.1) is 6.61 Å². The lowest BCUT2D eigenvalue weighted by Gasteiger charge is -2.10. The zero-order valence-electron chi connectivity index (χ0n) is 14.1. The zero-order valence-corrected chi connectivity index (χ0v) is 14.9. The average molecular weight is 370 g/mol. The van der Waals surface area contributed by atoms with Crippen LogP contribution in [-0.4, -0.2) is 17.8 Å². The van der Waals surface area contributed by atoms with Crippen molar-refractivity contribution < 1.29 is 14.6 Å². The lowest BCUT2D eigenvalue weighted by molar-refractivity contribution is 0.265. The monoisotopic (exact) mass is 369 g/mol. The lowest BCUT2D eigenvalue weighted by atomic mass is 10.1. The Hall–Kier alpha value is -2.53. The number of hydrogen-bond acceptors (Lipinski definition) is 4. The van der Waals surface area contributed by atoms with Crippen molar-refractivity contribution in [3.63, 3.8) is 0 Å². The minimum absolute atomic E-state index is 0.0251. The second kappa shape index (κ2) is 8.72. The molecular formula is C21H20ClNO3. The second-order valence-corrected chi connectivity index (χ2v) is 6.36. The van der Waals surface area contributed by atoms with Gasteiger partial charge in [-0.25, -0.2) is 0 Å². The molecule has 0 radical (unpaired) electrons. The van der Waals surface area contributed by atoms with Crippen LogP contribution in [0.1, 0.15) is 5.56 Å². The van der Waals surface area contributed by atoms with Crippen LogP contribution in [0.5, 0.6) is 23.0 Å². The van der Waals surface area contributed by atoms with Crippen molar-refractivity contribution in [2.75, 3.05) is 6.61 Å². The van der Waals surface area contributed by atoms with Gasteiger partial charge >= 0.3 is 0 Å². The van der Waals surface area contributed by atoms with Gasteiger partial charge in [0, 0.05) is 11.1 Å². The van der Waals surface area contributed by atoms with Crippen molar-refractivity contribution in [2.24, 2.45) is 5.73 Å². The molecule has 3 aromatic rings. The van der Waals surface area contributed by atoms with Gasteiger partial charge < -0.3 is 20.3 Å². The molecule has 0 aliphatic rings. The summed E-state index contributed by atoms with van der Waals surface area (Å²) in [5, 5.41) is 9.68. The highest BCUT2D eigenvalue weighted by Crippen LogP contribution is 2.27. The third-order valence-corrected chi connectivity index (χ3v) is 4.02. The fraction of sp³-hybridized carbons (Fsp3) is 0.143. The molecule has 0 aliphatic heterocycles. The number of hydrogen-bond donors (Lipinski definition) is 2. The van der Waals surface area contributed by atoms with E-state index in [1.54, 1.807) is 12.1 Å². The molecule has 5 heteroatoms. The van der Waals surface area contributed by atoms with Gasteiger partial charge in [-0.3, -0.25) is 0 Å². The lowest BCUT2D eigenvalue weighted by Crippen LogP contribution is -2.26. The summed E-state index contributed by atoms with van der Waals surface area (Å²) in [5.41, 5.74) is 6.80. The maximum Gasteiger partial charge on any atom is 0.127 e. The first-order chi connectivity index (χ1) is 12.6. The quantitative estimate of drug-likeness (QED) is 0.628. The number of aliphatic hydroxyl groups excluding tert-OH is 1. The summed E-state index contributed by atoms with van der Waals surface area (Å²) in [4.78, 5) is 0. The van der Waals surface area contributed by atoms with Crippen molar-refractivity contribution in [1.29, 1.82) is 0 Å². The molecule has 26 heavy (non-hydrogen) atoms. The van der Waals surface area contributed by atoms with E-state index < -0.39 is 0 Å². The standard InChI is InChI=1S/C21H20ClNO3/c22-16-3-7-19(8-4-16)26-21-11-9-20(10-12-21)25-18-5-1-15(2-6-18)13-17(23)14-24/h1-12,17,24H,13-14,23H2. The minimum Gasteiger partial charge on any atom is -0.457 e. The van der Waals surface area contributed by atoms with E-state index in [0.717, 1.165) is 17.1 Å². The zero-order chi connectivity index (χ0) is 18.4. The van der Waals surface area contributed by atoms with E-state index >= 15 is 0 Å². The Morgan fingerprint density at radius 2 is 1.12 bits per heavy atom. The number of rotatable bonds is 7. The van der Waals surface area contributed by atoms with Crippen molar-refractivity contribution in [3.8, 4) is 23.0 Å². The van der Waals surface area contributed by atoms with E-state index in [0.29, 0.717) is 22.9 Å². The van der Waals surface area contributed by atoms with Crippen molar-refractivity contribution >= 4 is 11.6 Å². The molecule has 0 bridgehead atoms. The van der Waals surface area contributed by atoms with Gasteiger partial charge in [0.15, 0.2) is 0 Å². The SMILES string of the molecule is NC(CO)Cc1ccc(Oc2ccc(Oc3ccc(Cl)cc3)cc2)cc1. The molecule has 0 fully saturated rings. The molecule has 3 rings (SSSR count). The molecule has 134 valence electrons. The van der Waals surface area contributed by atoms with Crippen LogP contribution in [0.4, 0.5) is 0 Å². The van der Waals surface area contributed by atoms with Crippen LogP contribution in [0.25, 0.3) is 0 Å². The predicted octanol–water partition coefficient (Wildman–Crippen LogP) is 4.79. The molecule has 1 unspecified atom stereocenters. The molecular weight excluding hydrogens is 350 g/mol. The minimum atomic E-state index is -0.241. The van der Waals surface area contributed by atoms with E-state index in [9.17, 15) is 0 Å². The Labute approximate surface area is 157 Å². The van der Waals surface area contributed by atoms with Crippen molar-refractivity contribution in [2.45, 2.75) is 12.5 Å². The van der Waals surface area contributed by atoms with Crippen LogP contribution < -0.4 is 15.2 Å². The first-order valence-electron chi connectivity index (χ1n) is 8.29. The van der Waals surface area contributed by atoms with Gasteiger partial charge in [0.2, 0.25) is 0 Å². The summed E-state index contributed by atoms with van der Waals surface area (Å²) in [5.74, 6) is 2.89. The summed E-state index contributed by atoms with van der Waals surface area (Å²) >= 11 is 5.86. The molecule has 1 atom stereocenters. The van der Waals surface area contributed by atoms with Gasteiger partial charge in [-0.15, -0.1) is 0 Å². The summed E-state index contributed by atoms with van der Waals surface area (Å²) in [6.07, 6.45) is 0.632. The smallest absolute Gasteiger partial charge is 0.127 e. The molecule has 0 spiro atoms. The number of halogens is 1. The molecule has 0 amide bonds. The Morgan fingerprint density at radius 3 is 1.54 bits per heavy atom. The summed E-state index contributed by atoms with van der Waals surface area (Å²) < 4.78 is 11.6. The van der Waals surface area contributed by atoms with Gasteiger partial charge in [0.1, 0.15) is 23.0 Å². The van der Waals surface area contributed by atoms with E-state index in [2.05, 4.69) is 0 Å². The van der Waals surface area contributed by atoms with Crippen LogP contribution in [0.15, 0.2) is 72.8 Å². The summed E-state index contributed by atoms with van der Waals surface area (Å²) in [7, 11) is 0. The number of nitrogens with two attached hydrogens (primary N) is 1. The van der Waals surface area contributed by atoms with Gasteiger partial charge in [-0.05, 0) is 72.6 Å². The summed E-state index contributed by atoms with van der Waals surface area (Å²) in [6.45, 7) is -0.0251. The molecule has 0 aromatic heterocycles. The average Bonchev–Trinajstić information content (AvgIpc) is 2.66. The molecule has 0 saturated carbocycles. The van der Waals surface area contributed by atoms with Crippen LogP contribution in [0.2, 0.25) is 5.02 Å². The molecule has 3 aromatic carbocycles. The molecule has 0 saturated heterocycles. The van der Waals surface area contributed by atoms with Crippen molar-refractivity contribution in [1.82, 2.24) is 0 Å². The molecule has 3 N–H and O–H groups in total. The van der Waals surface area contributed by atoms with E-state index in [1.165, 1.54) is 0 Å². The second-order valence-electron chi connectivity index (χ2n) is 5.92. The number of aliphatic hydroxyl groups is 1. The maximum atomic E-state index is 9.01. The Morgan fingerprint density at radius 1 is 0.731 bits per heavy atom. The van der Waals surface area contributed by atoms with Crippen LogP contribution in [0.3, 0.4) is 0 Å². The normalized spacial score (nSPS) is 11.8. The van der Waals surface area contributed by atoms with Crippen LogP contribution >= 0.6 is 11.6 Å². The largest absolute Gasteiger partial charge is 0.457 e. The van der Waals surface area contributed by atoms with Crippen molar-refractivity contribution in [3.05, 3.63) is 83.4 Å². The molecule has 0 heterocycles. The highest BCUT2D eigenvalue weighted by molar-refractivity contribution is 6.30. The number of ether oxygens (including phenoxy) is 2. The first kappa shape index (κ1) is 18.3. The highest BCUT2D eigenvalue weighted by Gasteiger charge is 2.04. The van der Waals surface area contributed by atoms with Gasteiger partial charge in [-0.1, -0.05) is 23.7 Å². The Bertz CT molecular complexity index is 817. The van der Waals surface area contributed by atoms with Gasteiger partial charge in [-0.2, -0.15) is 0 Å². The highest BCUT2D eigenvalue weighted by atomic mass is 35.5. The molecule has 0 aliphatic carbocycles. The van der Waals surface area contributed by atoms with E-state index in [1.807, 2.05) is 60.7 Å². The predicted molar refractivity (Wildman–Crippen MR) is 103 cm³/mol. The first-order valence-corrected chi connectivity index (χ1v) is 8.67. The third kappa shape index (κ3) is 5.23. The van der Waals surface area contributed by atoms with E-state index in [4.69, 9.17) is 31.9 Å². The summed E-state index contributed by atoms with van der Waals surface area (Å²) in [6, 6.07) is 22.0. The molecule has 4 nitrogen and oxygen atoms in total. The van der Waals surface area contributed by atoms with E-state index in [-0.39, 0.29) is 12.6 Å². The van der Waals surface area contributed by atoms with Crippen LogP contribution in [0, 0.1) is 0 Å². The third-order valence-electron chi connectivity index (χ3n) is 3.76. The fourth-order valence-corrected chi connectivity index (χ4v) is 2.54. The fourth-order valence-electron chi connectivity index (χ4n) is 2.41. The Kier molecular flexibility index (Phi) is 6.12. The maximum absolute atomic E-state index is 9.01.